The molecule has 2 aromatic carbocycles. The molecule has 0 amide bonds. The fraction of sp³-hybridized carbons (Fsp3) is 0.500. The van der Waals surface area contributed by atoms with E-state index in [1.165, 1.54) is 26.0 Å². The normalized spacial score (nSPS) is 15.0. The first kappa shape index (κ1) is 25.7. The van der Waals surface area contributed by atoms with E-state index in [9.17, 15) is 23.1 Å². The first-order valence-corrected chi connectivity index (χ1v) is 11.4. The van der Waals surface area contributed by atoms with Gasteiger partial charge in [0.25, 0.3) is 0 Å². The molecular formula is C26H31F3O5. The minimum Gasteiger partial charge on any atom is -0.493 e. The molecular weight excluding hydrogens is 449 g/mol. The van der Waals surface area contributed by atoms with Gasteiger partial charge in [0.2, 0.25) is 0 Å². The molecule has 5 nitrogen and oxygen atoms in total. The van der Waals surface area contributed by atoms with Gasteiger partial charge >= 0.3 is 12.1 Å². The lowest BCUT2D eigenvalue weighted by molar-refractivity contribution is -0.152. The maximum absolute atomic E-state index is 13.1. The molecule has 0 saturated heterocycles. The molecule has 0 bridgehead atoms. The molecule has 3 rings (SSSR count). The quantitative estimate of drug-likeness (QED) is 0.401. The summed E-state index contributed by atoms with van der Waals surface area (Å²) in [5.74, 6) is 0.928. The van der Waals surface area contributed by atoms with Gasteiger partial charge in [0.15, 0.2) is 5.60 Å². The van der Waals surface area contributed by atoms with E-state index in [4.69, 9.17) is 14.2 Å². The minimum absolute atomic E-state index is 0.255. The number of aliphatic carboxylic acids is 1. The van der Waals surface area contributed by atoms with Crippen LogP contribution in [0.15, 0.2) is 36.4 Å². The van der Waals surface area contributed by atoms with Gasteiger partial charge < -0.3 is 19.3 Å². The number of hydrogen-bond acceptors (Lipinski definition) is 4. The van der Waals surface area contributed by atoms with Crippen LogP contribution in [0.25, 0.3) is 0 Å². The Hall–Kier alpha value is -2.90. The molecule has 1 fully saturated rings. The van der Waals surface area contributed by atoms with Crippen molar-refractivity contribution in [3.8, 4) is 17.2 Å². The standard InChI is InChI=1S/C26H31F3O5/c1-16-13-21(8-10-22(16)34-25(3,4)24(30)31)32-12-11-17(2)33-23-9-7-20(26(27,28)29)15-19(23)14-18-5-6-18/h7-10,13,15,17-18H,5-6,11-12,14H2,1-4H3,(H,30,31)/t17-/m1/s1. The Bertz CT molecular complexity index is 1010. The molecule has 2 aromatic rings. The molecule has 0 spiro atoms. The Kier molecular flexibility index (Phi) is 7.68. The zero-order valence-corrected chi connectivity index (χ0v) is 19.9. The van der Waals surface area contributed by atoms with Crippen molar-refractivity contribution in [2.75, 3.05) is 6.61 Å². The van der Waals surface area contributed by atoms with E-state index in [0.717, 1.165) is 24.5 Å². The molecule has 0 aromatic heterocycles. The SMILES string of the molecule is Cc1cc(OCC[C@@H](C)Oc2ccc(C(F)(F)F)cc2CC2CC2)ccc1OC(C)(C)C(=O)O. The monoisotopic (exact) mass is 480 g/mol. The highest BCUT2D eigenvalue weighted by Gasteiger charge is 2.32. The van der Waals surface area contributed by atoms with Gasteiger partial charge in [0.05, 0.1) is 18.3 Å². The first-order chi connectivity index (χ1) is 15.8. The van der Waals surface area contributed by atoms with E-state index >= 15 is 0 Å². The van der Waals surface area contributed by atoms with Crippen molar-refractivity contribution in [1.29, 1.82) is 0 Å². The maximum atomic E-state index is 13.1. The zero-order valence-electron chi connectivity index (χ0n) is 19.9. The van der Waals surface area contributed by atoms with E-state index in [-0.39, 0.29) is 6.10 Å². The molecule has 0 unspecified atom stereocenters. The van der Waals surface area contributed by atoms with Crippen LogP contribution in [0.2, 0.25) is 0 Å². The maximum Gasteiger partial charge on any atom is 0.416 e. The summed E-state index contributed by atoms with van der Waals surface area (Å²) in [5.41, 5.74) is -0.663. The smallest absolute Gasteiger partial charge is 0.416 e. The second kappa shape index (κ2) is 10.2. The Morgan fingerprint density at radius 2 is 1.79 bits per heavy atom. The van der Waals surface area contributed by atoms with Gasteiger partial charge in [0, 0.05) is 6.42 Å². The summed E-state index contributed by atoms with van der Waals surface area (Å²) in [4.78, 5) is 11.3. The van der Waals surface area contributed by atoms with E-state index in [2.05, 4.69) is 0 Å². The van der Waals surface area contributed by atoms with Gasteiger partial charge in [0.1, 0.15) is 17.2 Å². The summed E-state index contributed by atoms with van der Waals surface area (Å²) in [6, 6.07) is 8.82. The van der Waals surface area contributed by atoms with Crippen LogP contribution in [0.5, 0.6) is 17.2 Å². The largest absolute Gasteiger partial charge is 0.493 e. The van der Waals surface area contributed by atoms with Gasteiger partial charge in [-0.15, -0.1) is 0 Å². The zero-order chi connectivity index (χ0) is 25.1. The number of carboxylic acids is 1. The van der Waals surface area contributed by atoms with Crippen LogP contribution in [0.4, 0.5) is 13.2 Å². The molecule has 1 atom stereocenters. The van der Waals surface area contributed by atoms with Crippen molar-refractivity contribution in [3.05, 3.63) is 53.1 Å². The number of halogens is 3. The summed E-state index contributed by atoms with van der Waals surface area (Å²) in [6.45, 7) is 6.97. The number of carbonyl (C=O) groups is 1. The molecule has 8 heteroatoms. The Balaban J connectivity index is 1.56. The molecule has 0 heterocycles. The minimum atomic E-state index is -4.38. The molecule has 34 heavy (non-hydrogen) atoms. The molecule has 1 aliphatic rings. The molecule has 1 saturated carbocycles. The van der Waals surface area contributed by atoms with Gasteiger partial charge in [-0.2, -0.15) is 13.2 Å². The number of hydrogen-bond donors (Lipinski definition) is 1. The Morgan fingerprint density at radius 1 is 1.12 bits per heavy atom. The lowest BCUT2D eigenvalue weighted by Gasteiger charge is -2.23. The highest BCUT2D eigenvalue weighted by molar-refractivity contribution is 5.76. The molecule has 0 aliphatic heterocycles. The third kappa shape index (κ3) is 7.05. The fourth-order valence-electron chi connectivity index (χ4n) is 3.43. The number of ether oxygens (including phenoxy) is 3. The van der Waals surface area contributed by atoms with Gasteiger partial charge in [-0.1, -0.05) is 0 Å². The van der Waals surface area contributed by atoms with Crippen LogP contribution in [-0.4, -0.2) is 29.4 Å². The van der Waals surface area contributed by atoms with E-state index in [1.807, 2.05) is 6.92 Å². The summed E-state index contributed by atoms with van der Waals surface area (Å²) in [7, 11) is 0. The highest BCUT2D eigenvalue weighted by atomic mass is 19.4. The van der Waals surface area contributed by atoms with Crippen LogP contribution in [0.3, 0.4) is 0 Å². The first-order valence-electron chi connectivity index (χ1n) is 11.4. The average Bonchev–Trinajstić information content (AvgIpc) is 3.54. The van der Waals surface area contributed by atoms with E-state index in [1.54, 1.807) is 25.1 Å². The Morgan fingerprint density at radius 3 is 2.38 bits per heavy atom. The van der Waals surface area contributed by atoms with E-state index < -0.39 is 23.3 Å². The number of alkyl halides is 3. The van der Waals surface area contributed by atoms with Gasteiger partial charge in [-0.3, -0.25) is 0 Å². The third-order valence-corrected chi connectivity index (χ3v) is 5.74. The molecule has 0 radical (unpaired) electrons. The Labute approximate surface area is 197 Å². The van der Waals surface area contributed by atoms with Crippen molar-refractivity contribution in [3.63, 3.8) is 0 Å². The predicted molar refractivity (Wildman–Crippen MR) is 122 cm³/mol. The van der Waals surface area contributed by atoms with Crippen molar-refractivity contribution in [2.24, 2.45) is 5.92 Å². The summed E-state index contributed by atoms with van der Waals surface area (Å²) in [5, 5.41) is 9.22. The average molecular weight is 481 g/mol. The summed E-state index contributed by atoms with van der Waals surface area (Å²) >= 11 is 0. The molecule has 186 valence electrons. The summed E-state index contributed by atoms with van der Waals surface area (Å²) in [6.07, 6.45) is -1.43. The van der Waals surface area contributed by atoms with Crippen molar-refractivity contribution in [2.45, 2.75) is 71.3 Å². The summed E-state index contributed by atoms with van der Waals surface area (Å²) < 4.78 is 56.7. The number of benzene rings is 2. The lowest BCUT2D eigenvalue weighted by atomic mass is 10.0. The van der Waals surface area contributed by atoms with Crippen molar-refractivity contribution >= 4 is 5.97 Å². The highest BCUT2D eigenvalue weighted by Crippen LogP contribution is 2.38. The third-order valence-electron chi connectivity index (χ3n) is 5.74. The molecule has 1 N–H and O–H groups in total. The lowest BCUT2D eigenvalue weighted by Crippen LogP contribution is -2.38. The fourth-order valence-corrected chi connectivity index (χ4v) is 3.43. The second-order valence-electron chi connectivity index (χ2n) is 9.38. The van der Waals surface area contributed by atoms with Crippen molar-refractivity contribution in [1.82, 2.24) is 0 Å². The predicted octanol–water partition coefficient (Wildman–Crippen LogP) is 6.44. The number of carboxylic acid groups (broad SMARTS) is 1. The topological polar surface area (TPSA) is 65.0 Å². The van der Waals surface area contributed by atoms with Crippen LogP contribution in [-0.2, 0) is 17.4 Å². The number of rotatable bonds is 11. The van der Waals surface area contributed by atoms with Crippen LogP contribution in [0.1, 0.15) is 56.7 Å². The van der Waals surface area contributed by atoms with Crippen LogP contribution in [0, 0.1) is 12.8 Å². The van der Waals surface area contributed by atoms with Crippen molar-refractivity contribution < 1.29 is 37.3 Å². The molecule has 1 aliphatic carbocycles. The van der Waals surface area contributed by atoms with Gasteiger partial charge in [-0.05, 0) is 100 Å². The van der Waals surface area contributed by atoms with Gasteiger partial charge in [-0.25, -0.2) is 4.79 Å². The van der Waals surface area contributed by atoms with E-state index in [0.29, 0.717) is 48.2 Å². The van der Waals surface area contributed by atoms with Crippen LogP contribution >= 0.6 is 0 Å². The second-order valence-corrected chi connectivity index (χ2v) is 9.38. The number of aryl methyl sites for hydroxylation is 1. The van der Waals surface area contributed by atoms with Crippen LogP contribution < -0.4 is 14.2 Å².